The van der Waals surface area contributed by atoms with Gasteiger partial charge in [0, 0.05) is 15.9 Å². The molecule has 0 aliphatic carbocycles. The van der Waals surface area contributed by atoms with Crippen molar-refractivity contribution in [2.24, 2.45) is 0 Å². The van der Waals surface area contributed by atoms with Crippen LogP contribution >= 0.6 is 15.9 Å². The molecule has 0 atom stereocenters. The Bertz CT molecular complexity index is 325. The van der Waals surface area contributed by atoms with E-state index in [9.17, 15) is 8.78 Å². The smallest absolute Gasteiger partial charge is 0.424 e. The predicted molar refractivity (Wildman–Crippen MR) is 45.7 cm³/mol. The molecule has 0 unspecified atom stereocenters. The molecule has 0 aromatic heterocycles. The molecule has 1 aromatic carbocycles. The van der Waals surface area contributed by atoms with Crippen LogP contribution in [0.1, 0.15) is 5.56 Å². The molecular formula is C8H4BrF2NO. The van der Waals surface area contributed by atoms with Gasteiger partial charge in [-0.1, -0.05) is 0 Å². The van der Waals surface area contributed by atoms with Gasteiger partial charge in [-0.25, -0.2) is 0 Å². The molecule has 0 saturated heterocycles. The van der Waals surface area contributed by atoms with E-state index in [2.05, 4.69) is 4.74 Å². The van der Waals surface area contributed by atoms with Gasteiger partial charge in [-0.05, 0) is 24.3 Å². The van der Waals surface area contributed by atoms with Gasteiger partial charge < -0.3 is 4.74 Å². The van der Waals surface area contributed by atoms with Gasteiger partial charge in [0.1, 0.15) is 5.75 Å². The van der Waals surface area contributed by atoms with Gasteiger partial charge in [-0.2, -0.15) is 14.0 Å². The molecule has 0 saturated carbocycles. The summed E-state index contributed by atoms with van der Waals surface area (Å²) in [4.78, 5) is 0. The summed E-state index contributed by atoms with van der Waals surface area (Å²) in [5.74, 6) is 0.000810. The van der Waals surface area contributed by atoms with Crippen LogP contribution < -0.4 is 4.74 Å². The number of ether oxygens (including phenoxy) is 1. The Balaban J connectivity index is 2.77. The first-order chi connectivity index (χ1) is 6.01. The van der Waals surface area contributed by atoms with Crippen LogP contribution in [-0.2, 0) is 0 Å². The van der Waals surface area contributed by atoms with E-state index in [1.54, 1.807) is 0 Å². The topological polar surface area (TPSA) is 33.0 Å². The zero-order chi connectivity index (χ0) is 9.90. The monoisotopic (exact) mass is 247 g/mol. The van der Waals surface area contributed by atoms with Crippen molar-refractivity contribution in [2.75, 3.05) is 0 Å². The van der Waals surface area contributed by atoms with Crippen LogP contribution in [0.4, 0.5) is 8.78 Å². The Morgan fingerprint density at radius 1 is 1.31 bits per heavy atom. The highest BCUT2D eigenvalue weighted by Crippen LogP contribution is 2.26. The molecule has 0 bridgehead atoms. The van der Waals surface area contributed by atoms with Crippen molar-refractivity contribution in [3.05, 3.63) is 29.8 Å². The minimum atomic E-state index is -3.37. The summed E-state index contributed by atoms with van der Waals surface area (Å²) in [6, 6.07) is 7.25. The summed E-state index contributed by atoms with van der Waals surface area (Å²) in [7, 11) is 0. The van der Waals surface area contributed by atoms with E-state index in [0.717, 1.165) is 0 Å². The maximum absolute atomic E-state index is 12.2. The standard InChI is InChI=1S/C8H4BrF2NO/c9-8(10,11)13-7-3-1-6(5-12)2-4-7/h1-4H. The molecule has 68 valence electrons. The molecule has 0 aliphatic rings. The van der Waals surface area contributed by atoms with E-state index in [0.29, 0.717) is 5.56 Å². The highest BCUT2D eigenvalue weighted by atomic mass is 79.9. The van der Waals surface area contributed by atoms with Gasteiger partial charge in [-0.3, -0.25) is 0 Å². The summed E-state index contributed by atoms with van der Waals surface area (Å²) in [6.45, 7) is 0. The first kappa shape index (κ1) is 9.93. The molecule has 0 aliphatic heterocycles. The SMILES string of the molecule is N#Cc1ccc(OC(F)(F)Br)cc1. The third-order valence-corrected chi connectivity index (χ3v) is 1.38. The molecule has 2 nitrogen and oxygen atoms in total. The number of hydrogen-bond acceptors (Lipinski definition) is 2. The van der Waals surface area contributed by atoms with E-state index in [4.69, 9.17) is 5.26 Å². The highest BCUT2D eigenvalue weighted by Gasteiger charge is 2.26. The zero-order valence-electron chi connectivity index (χ0n) is 6.30. The minimum Gasteiger partial charge on any atom is -0.424 e. The van der Waals surface area contributed by atoms with Crippen molar-refractivity contribution in [1.29, 1.82) is 5.26 Å². The molecule has 5 heteroatoms. The van der Waals surface area contributed by atoms with Gasteiger partial charge in [0.2, 0.25) is 0 Å². The Hall–Kier alpha value is -1.15. The van der Waals surface area contributed by atoms with Crippen molar-refractivity contribution in [1.82, 2.24) is 0 Å². The van der Waals surface area contributed by atoms with Gasteiger partial charge in [0.15, 0.2) is 0 Å². The van der Waals surface area contributed by atoms with Crippen LogP contribution in [0, 0.1) is 11.3 Å². The average Bonchev–Trinajstić information content (AvgIpc) is 2.03. The molecule has 1 aromatic rings. The minimum absolute atomic E-state index is 0.000810. The second-order valence-corrected chi connectivity index (χ2v) is 3.11. The maximum atomic E-state index is 12.2. The molecule has 0 spiro atoms. The first-order valence-corrected chi connectivity index (χ1v) is 4.06. The lowest BCUT2D eigenvalue weighted by atomic mass is 10.2. The molecule has 0 amide bonds. The summed E-state index contributed by atoms with van der Waals surface area (Å²) in [5, 5.41) is 5.04. The van der Waals surface area contributed by atoms with E-state index >= 15 is 0 Å². The number of benzene rings is 1. The molecule has 1 rings (SSSR count). The van der Waals surface area contributed by atoms with Gasteiger partial charge in [-0.15, -0.1) is 0 Å². The second-order valence-electron chi connectivity index (χ2n) is 2.18. The highest BCUT2D eigenvalue weighted by molar-refractivity contribution is 9.09. The van der Waals surface area contributed by atoms with Crippen LogP contribution in [0.5, 0.6) is 5.75 Å². The molecule has 13 heavy (non-hydrogen) atoms. The van der Waals surface area contributed by atoms with E-state index < -0.39 is 5.02 Å². The fraction of sp³-hybridized carbons (Fsp3) is 0.125. The predicted octanol–water partition coefficient (Wildman–Crippen LogP) is 2.88. The van der Waals surface area contributed by atoms with E-state index in [1.807, 2.05) is 22.0 Å². The third kappa shape index (κ3) is 3.38. The van der Waals surface area contributed by atoms with Crippen LogP contribution in [0.15, 0.2) is 24.3 Å². The fourth-order valence-corrected chi connectivity index (χ4v) is 0.918. The van der Waals surface area contributed by atoms with Crippen LogP contribution in [0.3, 0.4) is 0 Å². The lowest BCUT2D eigenvalue weighted by Crippen LogP contribution is -2.14. The van der Waals surface area contributed by atoms with E-state index in [1.165, 1.54) is 24.3 Å². The summed E-state index contributed by atoms with van der Waals surface area (Å²) >= 11 is 2.03. The lowest BCUT2D eigenvalue weighted by Gasteiger charge is -2.10. The molecule has 0 heterocycles. The quantitative estimate of drug-likeness (QED) is 0.754. The third-order valence-electron chi connectivity index (χ3n) is 1.22. The van der Waals surface area contributed by atoms with Crippen LogP contribution in [-0.4, -0.2) is 5.02 Å². The summed E-state index contributed by atoms with van der Waals surface area (Å²) in [5.41, 5.74) is 0.394. The van der Waals surface area contributed by atoms with Crippen molar-refractivity contribution < 1.29 is 13.5 Å². The average molecular weight is 248 g/mol. The molecule has 0 fully saturated rings. The second kappa shape index (κ2) is 3.71. The number of alkyl halides is 3. The molecule has 0 radical (unpaired) electrons. The number of rotatable bonds is 2. The van der Waals surface area contributed by atoms with Crippen molar-refractivity contribution >= 4 is 15.9 Å². The first-order valence-electron chi connectivity index (χ1n) is 3.27. The van der Waals surface area contributed by atoms with Gasteiger partial charge in [0.25, 0.3) is 0 Å². The number of nitriles is 1. The van der Waals surface area contributed by atoms with Crippen LogP contribution in [0.2, 0.25) is 0 Å². The van der Waals surface area contributed by atoms with Crippen LogP contribution in [0.25, 0.3) is 0 Å². The Labute approximate surface area is 81.9 Å². The van der Waals surface area contributed by atoms with Crippen molar-refractivity contribution in [2.45, 2.75) is 5.02 Å². The summed E-state index contributed by atoms with van der Waals surface area (Å²) in [6.07, 6.45) is 0. The largest absolute Gasteiger partial charge is 0.459 e. The molecular weight excluding hydrogens is 244 g/mol. The fourth-order valence-electron chi connectivity index (χ4n) is 0.731. The zero-order valence-corrected chi connectivity index (χ0v) is 7.88. The Morgan fingerprint density at radius 3 is 2.23 bits per heavy atom. The normalized spacial score (nSPS) is 10.6. The maximum Gasteiger partial charge on any atom is 0.459 e. The van der Waals surface area contributed by atoms with Crippen molar-refractivity contribution in [3.8, 4) is 11.8 Å². The number of hydrogen-bond donors (Lipinski definition) is 0. The van der Waals surface area contributed by atoms with Gasteiger partial charge >= 0.3 is 5.02 Å². The Kier molecular flexibility index (Phi) is 2.83. The summed E-state index contributed by atoms with van der Waals surface area (Å²) < 4.78 is 28.6. The number of halogens is 3. The van der Waals surface area contributed by atoms with Crippen molar-refractivity contribution in [3.63, 3.8) is 0 Å². The van der Waals surface area contributed by atoms with Gasteiger partial charge in [0.05, 0.1) is 11.6 Å². The van der Waals surface area contributed by atoms with E-state index in [-0.39, 0.29) is 5.75 Å². The number of nitrogens with zero attached hydrogens (tertiary/aromatic N) is 1. The Morgan fingerprint density at radius 2 is 1.85 bits per heavy atom. The molecule has 0 N–H and O–H groups in total. The lowest BCUT2D eigenvalue weighted by molar-refractivity contribution is -0.0802.